The third kappa shape index (κ3) is 5.33. The fraction of sp³-hybridized carbons (Fsp3) is 0. The van der Waals surface area contributed by atoms with Crippen LogP contribution in [-0.2, 0) is 0 Å². The molecule has 0 radical (unpaired) electrons. The zero-order chi connectivity index (χ0) is 40.7. The lowest BCUT2D eigenvalue weighted by atomic mass is 9.95. The highest BCUT2D eigenvalue weighted by Gasteiger charge is 2.25. The summed E-state index contributed by atoms with van der Waals surface area (Å²) in [7, 11) is 0. The molecule has 4 nitrogen and oxygen atoms in total. The van der Waals surface area contributed by atoms with E-state index in [-0.39, 0.29) is 0 Å². The molecule has 3 aromatic heterocycles. The number of hydrogen-bond acceptors (Lipinski definition) is 4. The zero-order valence-corrected chi connectivity index (χ0v) is 33.4. The summed E-state index contributed by atoms with van der Waals surface area (Å²) in [6.07, 6.45) is 0. The molecule has 4 heteroatoms. The third-order valence-electron chi connectivity index (χ3n) is 12.5. The number of furan rings is 3. The smallest absolute Gasteiger partial charge is 0.159 e. The predicted molar refractivity (Wildman–Crippen MR) is 257 cm³/mol. The van der Waals surface area contributed by atoms with Crippen molar-refractivity contribution in [3.63, 3.8) is 0 Å². The maximum absolute atomic E-state index is 6.80. The summed E-state index contributed by atoms with van der Waals surface area (Å²) in [4.78, 5) is 2.36. The van der Waals surface area contributed by atoms with E-state index >= 15 is 0 Å². The van der Waals surface area contributed by atoms with E-state index in [2.05, 4.69) is 193 Å². The highest BCUT2D eigenvalue weighted by atomic mass is 16.3. The molecule has 0 unspecified atom stereocenters. The third-order valence-corrected chi connectivity index (χ3v) is 12.5. The summed E-state index contributed by atoms with van der Waals surface area (Å²) in [5.41, 5.74) is 14.6. The molecule has 0 bridgehead atoms. The summed E-state index contributed by atoms with van der Waals surface area (Å²) in [5, 5.41) is 8.86. The summed E-state index contributed by atoms with van der Waals surface area (Å²) >= 11 is 0. The van der Waals surface area contributed by atoms with Gasteiger partial charge in [0.25, 0.3) is 0 Å². The van der Waals surface area contributed by atoms with Gasteiger partial charge in [-0.05, 0) is 81.6 Å². The minimum atomic E-state index is 0.823. The number of anilines is 3. The number of rotatable bonds is 6. The molecular formula is C58H35NO3. The van der Waals surface area contributed by atoms with E-state index in [0.29, 0.717) is 0 Å². The van der Waals surface area contributed by atoms with Crippen LogP contribution in [0.1, 0.15) is 0 Å². The van der Waals surface area contributed by atoms with Crippen molar-refractivity contribution in [1.29, 1.82) is 0 Å². The molecule has 3 heterocycles. The second-order valence-corrected chi connectivity index (χ2v) is 16.0. The Labute approximate surface area is 356 Å². The van der Waals surface area contributed by atoms with Crippen LogP contribution in [0.25, 0.3) is 110 Å². The van der Waals surface area contributed by atoms with Crippen molar-refractivity contribution in [2.24, 2.45) is 0 Å². The van der Waals surface area contributed by atoms with Crippen LogP contribution in [0.3, 0.4) is 0 Å². The Balaban J connectivity index is 1.07. The standard InChI is InChI=1S/C58H35NO3/c1-2-12-36(13-3-1)37-28-31-41(32-29-37)59(50-21-11-20-47-45-17-7-9-23-53(45)62-58(47)50)51-34-49-55(60-54-33-30-38-14-4-5-15-42(38)56(49)54)35-48(51)40-26-24-39(25-27-40)43-18-10-19-46-44-16-6-8-22-52(44)61-57(43)46/h1-35H. The predicted octanol–water partition coefficient (Wildman–Crippen LogP) is 17.0. The Bertz CT molecular complexity index is 3850. The molecule has 0 aliphatic heterocycles. The number of fused-ring (bicyclic) bond motifs is 11. The van der Waals surface area contributed by atoms with Crippen molar-refractivity contribution in [2.75, 3.05) is 4.90 Å². The van der Waals surface area contributed by atoms with Gasteiger partial charge in [0.1, 0.15) is 27.9 Å². The monoisotopic (exact) mass is 793 g/mol. The maximum atomic E-state index is 6.80. The number of benzene rings is 10. The molecule has 13 aromatic rings. The summed E-state index contributed by atoms with van der Waals surface area (Å²) in [6, 6.07) is 75.0. The van der Waals surface area contributed by atoms with E-state index in [1.807, 2.05) is 24.3 Å². The topological polar surface area (TPSA) is 42.7 Å². The van der Waals surface area contributed by atoms with Crippen LogP contribution in [-0.4, -0.2) is 0 Å². The Morgan fingerprint density at radius 1 is 0.290 bits per heavy atom. The van der Waals surface area contributed by atoms with Crippen LogP contribution in [0.2, 0.25) is 0 Å². The molecule has 0 saturated heterocycles. The second-order valence-electron chi connectivity index (χ2n) is 16.0. The summed E-state index contributed by atoms with van der Waals surface area (Å²) in [6.45, 7) is 0. The molecule has 0 saturated carbocycles. The molecule has 0 aliphatic carbocycles. The van der Waals surface area contributed by atoms with Crippen molar-refractivity contribution < 1.29 is 13.3 Å². The first-order chi connectivity index (χ1) is 30.7. The Hall–Kier alpha value is -8.34. The van der Waals surface area contributed by atoms with Crippen LogP contribution in [0.4, 0.5) is 17.1 Å². The Morgan fingerprint density at radius 3 is 1.63 bits per heavy atom. The van der Waals surface area contributed by atoms with Crippen molar-refractivity contribution in [1.82, 2.24) is 0 Å². The van der Waals surface area contributed by atoms with Crippen LogP contribution < -0.4 is 4.90 Å². The molecule has 0 fully saturated rings. The van der Waals surface area contributed by atoms with Gasteiger partial charge in [-0.25, -0.2) is 0 Å². The number of nitrogens with zero attached hydrogens (tertiary/aromatic N) is 1. The maximum Gasteiger partial charge on any atom is 0.159 e. The molecule has 0 amide bonds. The fourth-order valence-electron chi connectivity index (χ4n) is 9.55. The Morgan fingerprint density at radius 2 is 0.871 bits per heavy atom. The zero-order valence-electron chi connectivity index (χ0n) is 33.4. The molecule has 62 heavy (non-hydrogen) atoms. The molecule has 10 aromatic carbocycles. The van der Waals surface area contributed by atoms with Crippen LogP contribution in [0.5, 0.6) is 0 Å². The van der Waals surface area contributed by atoms with E-state index in [1.165, 1.54) is 10.9 Å². The van der Waals surface area contributed by atoms with Gasteiger partial charge in [0.05, 0.1) is 11.4 Å². The van der Waals surface area contributed by atoms with E-state index in [9.17, 15) is 0 Å². The summed E-state index contributed by atoms with van der Waals surface area (Å²) < 4.78 is 20.0. The normalized spacial score (nSPS) is 11.9. The molecule has 0 spiro atoms. The molecular weight excluding hydrogens is 759 g/mol. The minimum absolute atomic E-state index is 0.823. The van der Waals surface area contributed by atoms with Gasteiger partial charge < -0.3 is 18.2 Å². The minimum Gasteiger partial charge on any atom is -0.456 e. The molecule has 0 N–H and O–H groups in total. The lowest BCUT2D eigenvalue weighted by Crippen LogP contribution is -2.11. The van der Waals surface area contributed by atoms with E-state index in [4.69, 9.17) is 13.3 Å². The highest BCUT2D eigenvalue weighted by molar-refractivity contribution is 6.21. The van der Waals surface area contributed by atoms with Gasteiger partial charge in [-0.15, -0.1) is 0 Å². The number of hydrogen-bond donors (Lipinski definition) is 0. The lowest BCUT2D eigenvalue weighted by Gasteiger charge is -2.28. The van der Waals surface area contributed by atoms with E-state index < -0.39 is 0 Å². The first kappa shape index (κ1) is 34.5. The molecule has 290 valence electrons. The van der Waals surface area contributed by atoms with Gasteiger partial charge in [-0.1, -0.05) is 164 Å². The fourth-order valence-corrected chi connectivity index (χ4v) is 9.55. The molecule has 0 atom stereocenters. The van der Waals surface area contributed by atoms with Gasteiger partial charge in [-0.3, -0.25) is 0 Å². The van der Waals surface area contributed by atoms with E-state index in [1.54, 1.807) is 0 Å². The van der Waals surface area contributed by atoms with Gasteiger partial charge >= 0.3 is 0 Å². The van der Waals surface area contributed by atoms with Crippen molar-refractivity contribution in [3.8, 4) is 33.4 Å². The van der Waals surface area contributed by atoms with Crippen molar-refractivity contribution in [2.45, 2.75) is 0 Å². The van der Waals surface area contributed by atoms with Crippen LogP contribution in [0.15, 0.2) is 226 Å². The molecule has 0 aliphatic rings. The van der Waals surface area contributed by atoms with Gasteiger partial charge in [0.15, 0.2) is 5.58 Å². The lowest BCUT2D eigenvalue weighted by molar-refractivity contribution is 0.669. The average Bonchev–Trinajstić information content (AvgIpc) is 4.04. The van der Waals surface area contributed by atoms with Gasteiger partial charge in [-0.2, -0.15) is 0 Å². The SMILES string of the molecule is c1ccc(-c2ccc(N(c3cc4c(cc3-c3ccc(-c5cccc6c5oc5ccccc56)cc3)oc3ccc5ccccc5c34)c3cccc4c3oc3ccccc34)cc2)cc1. The Kier molecular flexibility index (Phi) is 7.57. The van der Waals surface area contributed by atoms with E-state index in [0.717, 1.165) is 116 Å². The van der Waals surface area contributed by atoms with Gasteiger partial charge in [0.2, 0.25) is 0 Å². The van der Waals surface area contributed by atoms with Crippen LogP contribution >= 0.6 is 0 Å². The molecule has 13 rings (SSSR count). The van der Waals surface area contributed by atoms with Crippen molar-refractivity contribution in [3.05, 3.63) is 212 Å². The first-order valence-electron chi connectivity index (χ1n) is 21.0. The highest BCUT2D eigenvalue weighted by Crippen LogP contribution is 2.49. The average molecular weight is 794 g/mol. The largest absolute Gasteiger partial charge is 0.456 e. The van der Waals surface area contributed by atoms with Crippen molar-refractivity contribution >= 4 is 93.7 Å². The quantitative estimate of drug-likeness (QED) is 0.168. The summed E-state index contributed by atoms with van der Waals surface area (Å²) in [5.74, 6) is 0. The van der Waals surface area contributed by atoms with Gasteiger partial charge in [0, 0.05) is 49.1 Å². The first-order valence-corrected chi connectivity index (χ1v) is 21.0. The number of para-hydroxylation sites is 4. The van der Waals surface area contributed by atoms with Crippen LogP contribution in [0, 0.1) is 0 Å². The second kappa shape index (κ2) is 13.6.